The van der Waals surface area contributed by atoms with Gasteiger partial charge in [0.2, 0.25) is 10.8 Å². The van der Waals surface area contributed by atoms with Crippen LogP contribution in [0.3, 0.4) is 0 Å². The maximum absolute atomic E-state index is 13.7. The molecule has 0 heterocycles. The highest BCUT2D eigenvalue weighted by atomic mass is 19.4. The summed E-state index contributed by atoms with van der Waals surface area (Å²) in [5.74, 6) is 0. The Hall–Kier alpha value is -4.50. The molecule has 4 rings (SSSR count). The molecule has 2 aromatic rings. The molecule has 2 aliphatic rings. The minimum absolute atomic E-state index is 0.155. The van der Waals surface area contributed by atoms with Gasteiger partial charge in [-0.1, -0.05) is 36.4 Å². The number of nitrogens with two attached hydrogens (primary N) is 4. The first-order valence-corrected chi connectivity index (χ1v) is 12.0. The van der Waals surface area contributed by atoms with E-state index in [1.165, 1.54) is 0 Å². The standard InChI is InChI=1S/C16H10F12N2.C12H12N2/c17-13(18,19)11(14(20,21)22)5-7(29)1-3-9(11)10-4-2-8(30)6-12(10,15(23,24)25)16(26,27)28;13-11-5-1-9(2-6-11)10-3-7-12(14)8-4-10/h1-6H,29-30H2;1-8H,13-14H2/b10-9+;. The number of anilines is 2. The molecule has 2 aliphatic carbocycles. The Labute approximate surface area is 241 Å². The van der Waals surface area contributed by atoms with E-state index in [-0.39, 0.29) is 12.2 Å². The second-order valence-electron chi connectivity index (χ2n) is 9.63. The normalized spacial score (nSPS) is 19.9. The molecule has 238 valence electrons. The zero-order valence-electron chi connectivity index (χ0n) is 21.9. The van der Waals surface area contributed by atoms with E-state index in [0.717, 1.165) is 22.5 Å². The summed E-state index contributed by atoms with van der Waals surface area (Å²) in [4.78, 5) is 0. The molecule has 8 N–H and O–H groups in total. The van der Waals surface area contributed by atoms with Crippen molar-refractivity contribution in [1.29, 1.82) is 0 Å². The van der Waals surface area contributed by atoms with Crippen LogP contribution in [0.4, 0.5) is 64.1 Å². The van der Waals surface area contributed by atoms with E-state index < -0.39 is 70.2 Å². The van der Waals surface area contributed by atoms with E-state index in [0.29, 0.717) is 12.2 Å². The van der Waals surface area contributed by atoms with Crippen molar-refractivity contribution in [2.24, 2.45) is 22.3 Å². The van der Waals surface area contributed by atoms with Gasteiger partial charge in [0, 0.05) is 22.8 Å². The number of benzene rings is 2. The third kappa shape index (κ3) is 5.97. The third-order valence-electron chi connectivity index (χ3n) is 6.73. The Morgan fingerprint density at radius 2 is 0.636 bits per heavy atom. The first kappa shape index (κ1) is 34.0. The van der Waals surface area contributed by atoms with Crippen molar-refractivity contribution in [1.82, 2.24) is 0 Å². The predicted octanol–water partition coefficient (Wildman–Crippen LogP) is 7.85. The van der Waals surface area contributed by atoms with Gasteiger partial charge in [-0.25, -0.2) is 0 Å². The smallest absolute Gasteiger partial charge is 0.399 e. The van der Waals surface area contributed by atoms with Crippen molar-refractivity contribution >= 4 is 11.4 Å². The van der Waals surface area contributed by atoms with E-state index in [9.17, 15) is 52.7 Å². The van der Waals surface area contributed by atoms with Crippen LogP contribution in [0.2, 0.25) is 0 Å². The average molecular weight is 642 g/mol. The molecule has 0 bridgehead atoms. The first-order chi connectivity index (χ1) is 20.0. The number of alkyl halides is 12. The number of nitrogen functional groups attached to an aromatic ring is 2. The number of allylic oxidation sites excluding steroid dienone is 8. The van der Waals surface area contributed by atoms with Gasteiger partial charge >= 0.3 is 24.7 Å². The van der Waals surface area contributed by atoms with Crippen LogP contribution in [-0.4, -0.2) is 24.7 Å². The molecule has 2 aromatic carbocycles. The summed E-state index contributed by atoms with van der Waals surface area (Å²) >= 11 is 0. The van der Waals surface area contributed by atoms with E-state index in [1.54, 1.807) is 0 Å². The second-order valence-corrected chi connectivity index (χ2v) is 9.63. The Bertz CT molecular complexity index is 1370. The summed E-state index contributed by atoms with van der Waals surface area (Å²) in [6.07, 6.45) is -26.5. The van der Waals surface area contributed by atoms with E-state index >= 15 is 0 Å². The van der Waals surface area contributed by atoms with Crippen LogP contribution in [-0.2, 0) is 0 Å². The highest BCUT2D eigenvalue weighted by Crippen LogP contribution is 2.64. The minimum atomic E-state index is -6.40. The molecule has 0 amide bonds. The van der Waals surface area contributed by atoms with E-state index in [2.05, 4.69) is 0 Å². The number of rotatable bonds is 1. The molecular formula is C28H22F12N4. The van der Waals surface area contributed by atoms with Crippen molar-refractivity contribution in [3.8, 4) is 11.1 Å². The van der Waals surface area contributed by atoms with Crippen LogP contribution in [0.25, 0.3) is 11.1 Å². The quantitative estimate of drug-likeness (QED) is 0.188. The zero-order valence-corrected chi connectivity index (χ0v) is 21.9. The fourth-order valence-corrected chi connectivity index (χ4v) is 4.59. The van der Waals surface area contributed by atoms with Gasteiger partial charge in [0.1, 0.15) is 0 Å². The lowest BCUT2D eigenvalue weighted by molar-refractivity contribution is -0.315. The molecular weight excluding hydrogens is 620 g/mol. The van der Waals surface area contributed by atoms with Gasteiger partial charge in [0.25, 0.3) is 0 Å². The molecule has 0 saturated carbocycles. The van der Waals surface area contributed by atoms with Crippen molar-refractivity contribution < 1.29 is 52.7 Å². The Morgan fingerprint density at radius 3 is 0.864 bits per heavy atom. The lowest BCUT2D eigenvalue weighted by Crippen LogP contribution is -2.55. The van der Waals surface area contributed by atoms with Gasteiger partial charge in [-0.3, -0.25) is 0 Å². The van der Waals surface area contributed by atoms with Crippen LogP contribution in [0.1, 0.15) is 0 Å². The predicted molar refractivity (Wildman–Crippen MR) is 140 cm³/mol. The van der Waals surface area contributed by atoms with Gasteiger partial charge in [-0.2, -0.15) is 52.7 Å². The van der Waals surface area contributed by atoms with Gasteiger partial charge in [-0.15, -0.1) is 0 Å². The molecule has 44 heavy (non-hydrogen) atoms. The molecule has 0 aliphatic heterocycles. The third-order valence-corrected chi connectivity index (χ3v) is 6.73. The Balaban J connectivity index is 0.000000312. The molecule has 0 unspecified atom stereocenters. The van der Waals surface area contributed by atoms with Gasteiger partial charge in [0.15, 0.2) is 0 Å². The fraction of sp³-hybridized carbons (Fsp3) is 0.214. The second kappa shape index (κ2) is 11.2. The van der Waals surface area contributed by atoms with Crippen molar-refractivity contribution in [2.75, 3.05) is 11.5 Å². The summed E-state index contributed by atoms with van der Waals surface area (Å²) in [7, 11) is 0. The molecule has 0 aromatic heterocycles. The zero-order chi connectivity index (χ0) is 33.5. The fourth-order valence-electron chi connectivity index (χ4n) is 4.59. The average Bonchev–Trinajstić information content (AvgIpc) is 2.87. The number of hydrogen-bond donors (Lipinski definition) is 4. The minimum Gasteiger partial charge on any atom is -0.399 e. The van der Waals surface area contributed by atoms with Gasteiger partial charge in [-0.05, 0) is 70.8 Å². The van der Waals surface area contributed by atoms with E-state index in [1.807, 2.05) is 48.5 Å². The SMILES string of the molecule is NC1=CC(C(F)(F)F)(C(F)(F)F)/C(=C2\C=CC(N)=CC2(C(F)(F)F)C(F)(F)F)C=C1.Nc1ccc(-c2ccc(N)cc2)cc1. The van der Waals surface area contributed by atoms with Crippen LogP contribution in [0.5, 0.6) is 0 Å². The van der Waals surface area contributed by atoms with Crippen LogP contribution < -0.4 is 22.9 Å². The highest BCUT2D eigenvalue weighted by Gasteiger charge is 2.76. The van der Waals surface area contributed by atoms with Crippen molar-refractivity contribution in [3.63, 3.8) is 0 Å². The van der Waals surface area contributed by atoms with Gasteiger partial charge < -0.3 is 22.9 Å². The van der Waals surface area contributed by atoms with Crippen LogP contribution >= 0.6 is 0 Å². The molecule has 16 heteroatoms. The highest BCUT2D eigenvalue weighted by molar-refractivity contribution is 5.67. The topological polar surface area (TPSA) is 104 Å². The van der Waals surface area contributed by atoms with Crippen molar-refractivity contribution in [3.05, 3.63) is 108 Å². The number of halogens is 12. The molecule has 0 saturated heterocycles. The molecule has 0 fully saturated rings. The largest absolute Gasteiger partial charge is 0.410 e. The molecule has 0 atom stereocenters. The molecule has 0 radical (unpaired) electrons. The summed E-state index contributed by atoms with van der Waals surface area (Å²) in [5.41, 5.74) is 7.67. The maximum atomic E-state index is 13.7. The summed E-state index contributed by atoms with van der Waals surface area (Å²) in [6, 6.07) is 15.6. The summed E-state index contributed by atoms with van der Waals surface area (Å²) in [5, 5.41) is 0. The van der Waals surface area contributed by atoms with Crippen LogP contribution in [0, 0.1) is 10.8 Å². The lowest BCUT2D eigenvalue weighted by atomic mass is 9.65. The van der Waals surface area contributed by atoms with Gasteiger partial charge in [0.05, 0.1) is 0 Å². The summed E-state index contributed by atoms with van der Waals surface area (Å²) in [6.45, 7) is 0. The number of hydrogen-bond acceptors (Lipinski definition) is 4. The van der Waals surface area contributed by atoms with Crippen LogP contribution in [0.15, 0.2) is 108 Å². The lowest BCUT2D eigenvalue weighted by Gasteiger charge is -2.44. The summed E-state index contributed by atoms with van der Waals surface area (Å²) < 4.78 is 164. The van der Waals surface area contributed by atoms with Crippen molar-refractivity contribution in [2.45, 2.75) is 24.7 Å². The molecule has 0 spiro atoms. The molecule has 4 nitrogen and oxygen atoms in total. The van der Waals surface area contributed by atoms with E-state index in [4.69, 9.17) is 22.9 Å². The first-order valence-electron chi connectivity index (χ1n) is 12.0. The monoisotopic (exact) mass is 642 g/mol. The maximum Gasteiger partial charge on any atom is 0.410 e. The Morgan fingerprint density at radius 1 is 0.386 bits per heavy atom. The Kier molecular flexibility index (Phi) is 8.66.